The van der Waals surface area contributed by atoms with Gasteiger partial charge in [-0.2, -0.15) is 0 Å². The van der Waals surface area contributed by atoms with Crippen molar-refractivity contribution in [1.82, 2.24) is 10.3 Å². The Morgan fingerprint density at radius 2 is 1.85 bits per heavy atom. The van der Waals surface area contributed by atoms with Crippen LogP contribution in [0.25, 0.3) is 0 Å². The fraction of sp³-hybridized carbons (Fsp3) is 0.714. The van der Waals surface area contributed by atoms with E-state index in [1.54, 1.807) is 0 Å². The van der Waals surface area contributed by atoms with E-state index in [0.29, 0.717) is 34.6 Å². The Morgan fingerprint density at radius 1 is 1.20 bits per heavy atom. The van der Waals surface area contributed by atoms with E-state index in [1.807, 2.05) is 0 Å². The number of nitrogens with zero attached hydrogens (tertiary/aromatic N) is 1. The van der Waals surface area contributed by atoms with Gasteiger partial charge in [0, 0.05) is 12.1 Å². The first-order valence-corrected chi connectivity index (χ1v) is 8.36. The van der Waals surface area contributed by atoms with Crippen molar-refractivity contribution in [3.63, 3.8) is 0 Å². The lowest BCUT2D eigenvalue weighted by Crippen LogP contribution is -2.38. The molecule has 3 aliphatic carbocycles. The Balaban J connectivity index is 1.45. The molecule has 1 heterocycles. The van der Waals surface area contributed by atoms with E-state index in [9.17, 15) is 4.79 Å². The second kappa shape index (κ2) is 4.62. The van der Waals surface area contributed by atoms with Gasteiger partial charge in [0.1, 0.15) is 10.7 Å². The van der Waals surface area contributed by atoms with E-state index >= 15 is 0 Å². The van der Waals surface area contributed by atoms with Crippen LogP contribution in [0.2, 0.25) is 0 Å². The number of thiazole rings is 1. The number of aromatic nitrogens is 1. The number of nitrogens with two attached hydrogens (primary N) is 1. The van der Waals surface area contributed by atoms with E-state index < -0.39 is 0 Å². The van der Waals surface area contributed by atoms with E-state index in [2.05, 4.69) is 15.6 Å². The van der Waals surface area contributed by atoms with Crippen LogP contribution in [0.5, 0.6) is 0 Å². The predicted octanol–water partition coefficient (Wildman–Crippen LogP) is 2.22. The standard InChI is InChI=1S/C14H20N4OS/c15-12-11(20-14(18-12)16-9-5-6-9)13(19)17-10(7-1-2-7)8-3-4-8/h7-10H,1-6,15H2,(H,16,18)(H,17,19). The topological polar surface area (TPSA) is 80.0 Å². The molecule has 4 rings (SSSR count). The van der Waals surface area contributed by atoms with Crippen molar-refractivity contribution in [3.8, 4) is 0 Å². The lowest BCUT2D eigenvalue weighted by atomic mass is 10.1. The molecule has 0 atom stereocenters. The van der Waals surface area contributed by atoms with Gasteiger partial charge >= 0.3 is 0 Å². The average Bonchev–Trinajstić information content (AvgIpc) is 3.23. The minimum Gasteiger partial charge on any atom is -0.382 e. The van der Waals surface area contributed by atoms with Gasteiger partial charge in [-0.15, -0.1) is 0 Å². The molecular weight excluding hydrogens is 272 g/mol. The van der Waals surface area contributed by atoms with Gasteiger partial charge in [-0.25, -0.2) is 4.98 Å². The maximum Gasteiger partial charge on any atom is 0.265 e. The molecule has 1 aromatic rings. The Morgan fingerprint density at radius 3 is 2.40 bits per heavy atom. The van der Waals surface area contributed by atoms with Gasteiger partial charge < -0.3 is 16.4 Å². The SMILES string of the molecule is Nc1nc(NC2CC2)sc1C(=O)NC(C1CC1)C1CC1. The van der Waals surface area contributed by atoms with Crippen molar-refractivity contribution in [1.29, 1.82) is 0 Å². The minimum absolute atomic E-state index is 0.0346. The summed E-state index contributed by atoms with van der Waals surface area (Å²) in [6, 6.07) is 0.894. The summed E-state index contributed by atoms with van der Waals surface area (Å²) in [5, 5.41) is 7.29. The summed E-state index contributed by atoms with van der Waals surface area (Å²) in [5.41, 5.74) is 5.90. The van der Waals surface area contributed by atoms with Crippen LogP contribution in [0, 0.1) is 11.8 Å². The summed E-state index contributed by atoms with van der Waals surface area (Å²) in [7, 11) is 0. The molecule has 0 unspecified atom stereocenters. The summed E-state index contributed by atoms with van der Waals surface area (Å²) in [6.07, 6.45) is 7.41. The summed E-state index contributed by atoms with van der Waals surface area (Å²) < 4.78 is 0. The monoisotopic (exact) mass is 292 g/mol. The van der Waals surface area contributed by atoms with Crippen LogP contribution in [0.15, 0.2) is 0 Å². The Kier molecular flexibility index (Phi) is 2.87. The Bertz CT molecular complexity index is 519. The number of anilines is 2. The number of hydrogen-bond acceptors (Lipinski definition) is 5. The van der Waals surface area contributed by atoms with Gasteiger partial charge in [-0.1, -0.05) is 11.3 Å². The largest absolute Gasteiger partial charge is 0.382 e. The summed E-state index contributed by atoms with van der Waals surface area (Å²) >= 11 is 1.38. The van der Waals surface area contributed by atoms with E-state index in [0.717, 1.165) is 5.13 Å². The molecule has 0 aliphatic heterocycles. The first-order chi connectivity index (χ1) is 9.70. The number of hydrogen-bond donors (Lipinski definition) is 3. The maximum absolute atomic E-state index is 12.4. The molecule has 3 aliphatic rings. The number of amides is 1. The quantitative estimate of drug-likeness (QED) is 0.751. The lowest BCUT2D eigenvalue weighted by Gasteiger charge is -2.16. The molecule has 4 N–H and O–H groups in total. The molecule has 0 bridgehead atoms. The molecule has 6 heteroatoms. The molecule has 20 heavy (non-hydrogen) atoms. The molecule has 1 aromatic heterocycles. The van der Waals surface area contributed by atoms with Gasteiger partial charge in [0.2, 0.25) is 0 Å². The van der Waals surface area contributed by atoms with Crippen LogP contribution in [-0.2, 0) is 0 Å². The number of carbonyl (C=O) groups excluding carboxylic acids is 1. The predicted molar refractivity (Wildman–Crippen MR) is 79.9 cm³/mol. The maximum atomic E-state index is 12.4. The van der Waals surface area contributed by atoms with Gasteiger partial charge in [0.05, 0.1) is 0 Å². The van der Waals surface area contributed by atoms with E-state index in [-0.39, 0.29) is 5.91 Å². The fourth-order valence-electron chi connectivity index (χ4n) is 2.71. The fourth-order valence-corrected chi connectivity index (χ4v) is 3.57. The van der Waals surface area contributed by atoms with Gasteiger partial charge in [0.25, 0.3) is 5.91 Å². The first-order valence-electron chi connectivity index (χ1n) is 7.54. The first kappa shape index (κ1) is 12.4. The molecule has 108 valence electrons. The summed E-state index contributed by atoms with van der Waals surface area (Å²) in [4.78, 5) is 17.2. The molecule has 5 nitrogen and oxygen atoms in total. The Labute approximate surface area is 122 Å². The average molecular weight is 292 g/mol. The van der Waals surface area contributed by atoms with E-state index in [4.69, 9.17) is 5.73 Å². The number of nitrogen functional groups attached to an aromatic ring is 1. The normalized spacial score (nSPS) is 22.1. The van der Waals surface area contributed by atoms with Gasteiger partial charge in [0.15, 0.2) is 5.13 Å². The molecule has 1 amide bonds. The second-order valence-electron chi connectivity index (χ2n) is 6.33. The number of nitrogens with one attached hydrogen (secondary N) is 2. The van der Waals surface area contributed by atoms with Crippen molar-refractivity contribution >= 4 is 28.2 Å². The van der Waals surface area contributed by atoms with Gasteiger partial charge in [-0.3, -0.25) is 4.79 Å². The molecule has 0 radical (unpaired) electrons. The van der Waals surface area contributed by atoms with E-state index in [1.165, 1.54) is 49.9 Å². The zero-order valence-corrected chi connectivity index (χ0v) is 12.2. The van der Waals surface area contributed by atoms with Crippen LogP contribution < -0.4 is 16.4 Å². The minimum atomic E-state index is -0.0346. The molecule has 0 saturated heterocycles. The highest BCUT2D eigenvalue weighted by Gasteiger charge is 2.42. The van der Waals surface area contributed by atoms with Crippen molar-refractivity contribution in [3.05, 3.63) is 4.88 Å². The van der Waals surface area contributed by atoms with Crippen LogP contribution in [0.3, 0.4) is 0 Å². The number of rotatable bonds is 6. The second-order valence-corrected chi connectivity index (χ2v) is 7.33. The highest BCUT2D eigenvalue weighted by Crippen LogP contribution is 2.44. The summed E-state index contributed by atoms with van der Waals surface area (Å²) in [6.45, 7) is 0. The Hall–Kier alpha value is -1.30. The van der Waals surface area contributed by atoms with Gasteiger partial charge in [-0.05, 0) is 50.4 Å². The molecule has 3 saturated carbocycles. The lowest BCUT2D eigenvalue weighted by molar-refractivity contribution is 0.0931. The third-order valence-electron chi connectivity index (χ3n) is 4.32. The summed E-state index contributed by atoms with van der Waals surface area (Å²) in [5.74, 6) is 1.72. The third-order valence-corrected chi connectivity index (χ3v) is 5.32. The molecule has 0 aromatic carbocycles. The van der Waals surface area contributed by atoms with Crippen molar-refractivity contribution in [2.24, 2.45) is 11.8 Å². The smallest absolute Gasteiger partial charge is 0.265 e. The van der Waals surface area contributed by atoms with Crippen molar-refractivity contribution in [2.45, 2.75) is 50.6 Å². The third kappa shape index (κ3) is 2.61. The van der Waals surface area contributed by atoms with Crippen LogP contribution >= 0.6 is 11.3 Å². The molecular formula is C14H20N4OS. The molecule has 0 spiro atoms. The zero-order valence-electron chi connectivity index (χ0n) is 11.4. The zero-order chi connectivity index (χ0) is 13.7. The number of carbonyl (C=O) groups is 1. The van der Waals surface area contributed by atoms with Crippen LogP contribution in [-0.4, -0.2) is 23.0 Å². The van der Waals surface area contributed by atoms with Crippen LogP contribution in [0.4, 0.5) is 10.9 Å². The highest BCUT2D eigenvalue weighted by molar-refractivity contribution is 7.18. The van der Waals surface area contributed by atoms with Crippen LogP contribution in [0.1, 0.15) is 48.2 Å². The highest BCUT2D eigenvalue weighted by atomic mass is 32.1. The van der Waals surface area contributed by atoms with Crippen molar-refractivity contribution in [2.75, 3.05) is 11.1 Å². The molecule has 3 fully saturated rings. The van der Waals surface area contributed by atoms with Crippen molar-refractivity contribution < 1.29 is 4.79 Å².